The van der Waals surface area contributed by atoms with Crippen LogP contribution in [0.25, 0.3) is 0 Å². The van der Waals surface area contributed by atoms with E-state index in [9.17, 15) is 9.59 Å². The lowest BCUT2D eigenvalue weighted by Gasteiger charge is -2.16. The van der Waals surface area contributed by atoms with Gasteiger partial charge in [-0.1, -0.05) is 0 Å². The van der Waals surface area contributed by atoms with Gasteiger partial charge in [-0.25, -0.2) is 4.79 Å². The third-order valence-corrected chi connectivity index (χ3v) is 0.822. The Morgan fingerprint density at radius 3 is 1.86 bits per heavy atom. The molecule has 0 atom stereocenters. The van der Waals surface area contributed by atoms with Crippen molar-refractivity contribution in [2.45, 2.75) is 32.8 Å². The van der Waals surface area contributed by atoms with Gasteiger partial charge in [0.05, 0.1) is 6.42 Å². The summed E-state index contributed by atoms with van der Waals surface area (Å²) in [6, 6.07) is 0. The van der Waals surface area contributed by atoms with E-state index >= 15 is 0 Å². The highest BCUT2D eigenvalue weighted by molar-refractivity contribution is 6.61. The Morgan fingerprint density at radius 2 is 1.86 bits per heavy atom. The van der Waals surface area contributed by atoms with Crippen LogP contribution >= 0.6 is 11.6 Å². The Labute approximate surface area is 88.2 Å². The number of rotatable bonds is 2. The molecule has 0 aliphatic carbocycles. The third kappa shape index (κ3) is 22.5. The number of halogens is 1. The van der Waals surface area contributed by atoms with Crippen molar-refractivity contribution in [1.29, 1.82) is 0 Å². The minimum atomic E-state index is -0.836. The smallest absolute Gasteiger partial charge is 0.404 e. The summed E-state index contributed by atoms with van der Waals surface area (Å²) < 4.78 is 4.56. The normalized spacial score (nSPS) is 9.79. The number of carboxylic acid groups (broad SMARTS) is 1. The minimum Gasteiger partial charge on any atom is -0.481 e. The average Bonchev–Trinajstić information content (AvgIpc) is 1.80. The molecule has 6 heteroatoms. The fraction of sp³-hybridized carbons (Fsp3) is 0.750. The second-order valence-electron chi connectivity index (χ2n) is 3.38. The number of hydrogen-bond donors (Lipinski definition) is 2. The molecule has 0 aliphatic rings. The van der Waals surface area contributed by atoms with E-state index in [-0.39, 0.29) is 13.0 Å². The summed E-state index contributed by atoms with van der Waals surface area (Å²) in [7, 11) is 0. The van der Waals surface area contributed by atoms with E-state index in [0.717, 1.165) is 0 Å². The summed E-state index contributed by atoms with van der Waals surface area (Å²) >= 11 is 4.90. The lowest BCUT2D eigenvalue weighted by Crippen LogP contribution is -2.20. The van der Waals surface area contributed by atoms with Gasteiger partial charge in [-0.2, -0.15) is 0 Å². The molecular weight excluding hydrogens is 210 g/mol. The standard InChI is InChI=1S/C5H9ClO2.C3H7NO2/c1-5(2,3)8-4(6)7;4-2-1-3(5)6/h1-3H3;1-2,4H2,(H,5,6). The van der Waals surface area contributed by atoms with Crippen molar-refractivity contribution >= 4 is 23.0 Å². The summed E-state index contributed by atoms with van der Waals surface area (Å²) in [5.41, 5.74) is 3.64. The van der Waals surface area contributed by atoms with Crippen LogP contribution in [0.5, 0.6) is 0 Å². The minimum absolute atomic E-state index is 0.0694. The van der Waals surface area contributed by atoms with E-state index in [1.807, 2.05) is 0 Å². The maximum Gasteiger partial charge on any atom is 0.404 e. The zero-order valence-corrected chi connectivity index (χ0v) is 9.30. The third-order valence-electron chi connectivity index (χ3n) is 0.745. The number of carboxylic acids is 1. The lowest BCUT2D eigenvalue weighted by atomic mass is 10.2. The van der Waals surface area contributed by atoms with Gasteiger partial charge in [0.1, 0.15) is 5.60 Å². The van der Waals surface area contributed by atoms with E-state index in [2.05, 4.69) is 4.74 Å². The van der Waals surface area contributed by atoms with Crippen molar-refractivity contribution in [2.24, 2.45) is 5.73 Å². The molecule has 0 aromatic heterocycles. The summed E-state index contributed by atoms with van der Waals surface area (Å²) in [6.45, 7) is 5.50. The highest BCUT2D eigenvalue weighted by Crippen LogP contribution is 2.08. The highest BCUT2D eigenvalue weighted by Gasteiger charge is 2.13. The van der Waals surface area contributed by atoms with Crippen molar-refractivity contribution < 1.29 is 19.4 Å². The van der Waals surface area contributed by atoms with Crippen LogP contribution in [-0.2, 0) is 9.53 Å². The SMILES string of the molecule is CC(C)(C)OC(=O)Cl.NCCC(=O)O. The molecule has 0 amide bonds. The van der Waals surface area contributed by atoms with Gasteiger partial charge in [0, 0.05) is 18.1 Å². The van der Waals surface area contributed by atoms with Crippen LogP contribution in [0.4, 0.5) is 4.79 Å². The molecule has 0 fully saturated rings. The number of carbonyl (C=O) groups is 2. The average molecular weight is 226 g/mol. The number of carbonyl (C=O) groups excluding carboxylic acids is 1. The molecule has 0 radical (unpaired) electrons. The Kier molecular flexibility index (Phi) is 8.48. The van der Waals surface area contributed by atoms with Crippen molar-refractivity contribution in [1.82, 2.24) is 0 Å². The molecule has 5 nitrogen and oxygen atoms in total. The Morgan fingerprint density at radius 1 is 1.43 bits per heavy atom. The Bertz CT molecular complexity index is 188. The summed E-state index contributed by atoms with van der Waals surface area (Å²) in [4.78, 5) is 19.5. The first-order valence-electron chi connectivity index (χ1n) is 3.99. The molecule has 0 spiro atoms. The molecule has 3 N–H and O–H groups in total. The van der Waals surface area contributed by atoms with Crippen LogP contribution in [0.2, 0.25) is 0 Å². The highest BCUT2D eigenvalue weighted by atomic mass is 35.5. The zero-order valence-electron chi connectivity index (χ0n) is 8.54. The van der Waals surface area contributed by atoms with Gasteiger partial charge in [0.15, 0.2) is 0 Å². The van der Waals surface area contributed by atoms with Crippen molar-refractivity contribution in [3.05, 3.63) is 0 Å². The van der Waals surface area contributed by atoms with E-state index < -0.39 is 17.0 Å². The number of nitrogens with two attached hydrogens (primary N) is 1. The van der Waals surface area contributed by atoms with Crippen LogP contribution in [0, 0.1) is 0 Å². The van der Waals surface area contributed by atoms with E-state index in [4.69, 9.17) is 22.4 Å². The monoisotopic (exact) mass is 225 g/mol. The second kappa shape index (κ2) is 7.58. The van der Waals surface area contributed by atoms with Gasteiger partial charge in [-0.05, 0) is 20.8 Å². The predicted molar refractivity (Wildman–Crippen MR) is 53.4 cm³/mol. The largest absolute Gasteiger partial charge is 0.481 e. The molecule has 0 aromatic carbocycles. The maximum absolute atomic E-state index is 10.0. The molecule has 0 saturated heterocycles. The zero-order chi connectivity index (χ0) is 11.8. The predicted octanol–water partition coefficient (Wildman–Crippen LogP) is 1.58. The molecule has 0 aliphatic heterocycles. The van der Waals surface area contributed by atoms with E-state index in [0.29, 0.717) is 0 Å². The van der Waals surface area contributed by atoms with Crippen LogP contribution in [0.3, 0.4) is 0 Å². The summed E-state index contributed by atoms with van der Waals surface area (Å²) in [6.07, 6.45) is 0.0694. The van der Waals surface area contributed by atoms with Crippen LogP contribution in [-0.4, -0.2) is 28.7 Å². The lowest BCUT2D eigenvalue weighted by molar-refractivity contribution is -0.136. The summed E-state index contributed by atoms with van der Waals surface area (Å²) in [5, 5.41) is 7.83. The van der Waals surface area contributed by atoms with Crippen molar-refractivity contribution in [3.8, 4) is 0 Å². The molecule has 0 saturated carbocycles. The van der Waals surface area contributed by atoms with Crippen LogP contribution in [0.1, 0.15) is 27.2 Å². The first-order valence-corrected chi connectivity index (χ1v) is 4.37. The first kappa shape index (κ1) is 15.7. The summed E-state index contributed by atoms with van der Waals surface area (Å²) in [5.74, 6) is -0.836. The topological polar surface area (TPSA) is 89.6 Å². The van der Waals surface area contributed by atoms with E-state index in [1.165, 1.54) is 0 Å². The fourth-order valence-electron chi connectivity index (χ4n) is 0.364. The van der Waals surface area contributed by atoms with Gasteiger partial charge >= 0.3 is 11.4 Å². The molecule has 0 unspecified atom stereocenters. The Balaban J connectivity index is 0. The molecule has 84 valence electrons. The van der Waals surface area contributed by atoms with Gasteiger partial charge in [0.25, 0.3) is 0 Å². The van der Waals surface area contributed by atoms with Gasteiger partial charge in [0.2, 0.25) is 0 Å². The number of ether oxygens (including phenoxy) is 1. The molecule has 0 bridgehead atoms. The maximum atomic E-state index is 10.0. The van der Waals surface area contributed by atoms with Crippen molar-refractivity contribution in [2.75, 3.05) is 6.54 Å². The number of aliphatic carboxylic acids is 1. The molecular formula is C8H16ClNO4. The van der Waals surface area contributed by atoms with Crippen molar-refractivity contribution in [3.63, 3.8) is 0 Å². The van der Waals surface area contributed by atoms with Crippen LogP contribution in [0.15, 0.2) is 0 Å². The van der Waals surface area contributed by atoms with Gasteiger partial charge in [-0.3, -0.25) is 4.79 Å². The first-order chi connectivity index (χ1) is 6.19. The van der Waals surface area contributed by atoms with Gasteiger partial charge < -0.3 is 15.6 Å². The second-order valence-corrected chi connectivity index (χ2v) is 3.69. The van der Waals surface area contributed by atoms with E-state index in [1.54, 1.807) is 20.8 Å². The van der Waals surface area contributed by atoms with Gasteiger partial charge in [-0.15, -0.1) is 0 Å². The number of hydrogen-bond acceptors (Lipinski definition) is 4. The molecule has 14 heavy (non-hydrogen) atoms. The quantitative estimate of drug-likeness (QED) is 0.697. The molecule has 0 heterocycles. The fourth-order valence-corrected chi connectivity index (χ4v) is 0.596. The van der Waals surface area contributed by atoms with Crippen LogP contribution < -0.4 is 5.73 Å². The molecule has 0 aromatic rings. The molecule has 0 rings (SSSR count). The Hall–Kier alpha value is -0.810.